The Balaban J connectivity index is 0.000000233. The third kappa shape index (κ3) is 29.1. The van der Waals surface area contributed by atoms with Gasteiger partial charge in [-0.3, -0.25) is 4.79 Å². The lowest BCUT2D eigenvalue weighted by Gasteiger charge is -2.30. The van der Waals surface area contributed by atoms with Crippen LogP contribution in [0.25, 0.3) is 32.7 Å². The number of halogens is 11. The van der Waals surface area contributed by atoms with Gasteiger partial charge in [-0.25, -0.2) is 16.8 Å². The van der Waals surface area contributed by atoms with Crippen molar-refractivity contribution in [2.45, 2.75) is 111 Å². The summed E-state index contributed by atoms with van der Waals surface area (Å²) in [5.41, 5.74) is 10.5. The second-order valence-electron chi connectivity index (χ2n) is 27.0. The highest BCUT2D eigenvalue weighted by Gasteiger charge is 2.33. The number of carbonyl (C=O) groups is 1. The van der Waals surface area contributed by atoms with Gasteiger partial charge in [-0.15, -0.1) is 6.42 Å². The molecule has 3 aromatic heterocycles. The van der Waals surface area contributed by atoms with Gasteiger partial charge in [0.15, 0.2) is 19.7 Å². The van der Waals surface area contributed by atoms with Crippen LogP contribution in [0.5, 0.6) is 28.7 Å². The van der Waals surface area contributed by atoms with Gasteiger partial charge in [0.25, 0.3) is 0 Å². The normalized spacial score (nSPS) is 15.3. The Hall–Kier alpha value is -7.86. The number of alkyl halides is 9. The molecule has 7 heterocycles. The summed E-state index contributed by atoms with van der Waals surface area (Å²) in [5.74, 6) is 10.8. The first-order valence-electron chi connectivity index (χ1n) is 35.5. The number of ether oxygens (including phenoxy) is 6. The van der Waals surface area contributed by atoms with E-state index in [0.29, 0.717) is 105 Å². The van der Waals surface area contributed by atoms with E-state index in [2.05, 4.69) is 67.8 Å². The molecule has 0 unspecified atom stereocenters. The number of benzene rings is 5. The van der Waals surface area contributed by atoms with E-state index in [-0.39, 0.29) is 36.5 Å². The van der Waals surface area contributed by atoms with E-state index < -0.39 is 57.8 Å². The number of nitrogens with one attached hydrogen (secondary N) is 4. The van der Waals surface area contributed by atoms with Crippen LogP contribution in [-0.4, -0.2) is 225 Å². The summed E-state index contributed by atoms with van der Waals surface area (Å²) < 4.78 is 199. The number of Topliss-reactive ketones (excluding diaryl/α,β-unsaturated/α-hetero) is 1. The third-order valence-electron chi connectivity index (χ3n) is 18.3. The summed E-state index contributed by atoms with van der Waals surface area (Å²) in [6.45, 7) is 5.01. The van der Waals surface area contributed by atoms with Crippen LogP contribution in [0.2, 0.25) is 0 Å². The van der Waals surface area contributed by atoms with Crippen LogP contribution in [0, 0.1) is 31.6 Å². The van der Waals surface area contributed by atoms with Gasteiger partial charge in [0, 0.05) is 154 Å². The summed E-state index contributed by atoms with van der Waals surface area (Å²) in [7, 11) is 6.93. The largest absolute Gasteiger partial charge is 0.497 e. The van der Waals surface area contributed by atoms with Crippen molar-refractivity contribution < 1.29 is 89.6 Å². The Kier molecular flexibility index (Phi) is 35.5. The van der Waals surface area contributed by atoms with Crippen LogP contribution in [-0.2, 0) is 48.8 Å². The molecule has 0 bridgehead atoms. The van der Waals surface area contributed by atoms with Crippen molar-refractivity contribution in [2.75, 3.05) is 162 Å². The molecule has 12 rings (SSSR count). The molecular formula is C77H96BF9I2N11O11S2. The Bertz CT molecular complexity index is 4820. The number of nitrogens with two attached hydrogens (primary N) is 1. The summed E-state index contributed by atoms with van der Waals surface area (Å²) in [6, 6.07) is 24.7. The molecule has 4 aliphatic rings. The van der Waals surface area contributed by atoms with Crippen LogP contribution in [0.3, 0.4) is 0 Å². The number of hydrogen-bond acceptors (Lipinski definition) is 19. The Morgan fingerprint density at radius 1 is 0.522 bits per heavy atom. The van der Waals surface area contributed by atoms with Gasteiger partial charge in [-0.1, -0.05) is 11.8 Å². The van der Waals surface area contributed by atoms with Crippen molar-refractivity contribution >= 4 is 140 Å². The van der Waals surface area contributed by atoms with Gasteiger partial charge in [0.2, 0.25) is 0 Å². The average molecular weight is 1850 g/mol. The second-order valence-corrected chi connectivity index (χ2v) is 33.3. The van der Waals surface area contributed by atoms with Gasteiger partial charge in [-0.05, 0) is 179 Å². The maximum Gasteiger partial charge on any atom is 0.406 e. The first-order chi connectivity index (χ1) is 52.7. The molecule has 0 aliphatic carbocycles. The molecule has 0 saturated carbocycles. The number of carbonyl (C=O) groups excluding carboxylic acids is 1. The number of aromatic nitrogens is 3. The van der Waals surface area contributed by atoms with E-state index in [1.807, 2.05) is 64.4 Å². The number of fused-ring (bicyclic) bond motifs is 3. The Morgan fingerprint density at radius 2 is 0.903 bits per heavy atom. The highest BCUT2D eigenvalue weighted by molar-refractivity contribution is 14.1. The molecule has 36 heteroatoms. The van der Waals surface area contributed by atoms with E-state index in [9.17, 15) is 61.1 Å². The molecular weight excluding hydrogens is 1750 g/mol. The van der Waals surface area contributed by atoms with Crippen LogP contribution >= 0.6 is 45.2 Å². The third-order valence-corrected chi connectivity index (χ3v) is 22.3. The van der Waals surface area contributed by atoms with Crippen molar-refractivity contribution in [3.63, 3.8) is 0 Å². The standard InChI is InChI=1S/C28H33F3N4O4S.C17H21F3IN3O.C11H10F3IN2O.C11H13NO3S.C6H11NO.C4H8O.B/c1-34-12-9-19(10-13-34)33-25-15-21(38-2)16-26-23(25)14-20(35(26)18-28(29,30)31)6-5-11-32-24-8-7-22(40(4,36)37)17-27(24)39-3;1-23-5-3-11(4-6-23)22-14-7-12(25-2)8-15-13(14)9-16(21)24(15)10-17(18,19)20;1-18-6-2-8(16)7-4-10(15)17(9(7)3-6)5-11(12,13)14;1-4-7-12-10-6-5-9(16(3,13)14)8-11(10)15-2;1-7-4-2-6(8)3-5-7;1-2-4-5-3-1;/h7-8,14-17,19,32-33H,9-13,18H2,1-4H3;7-9,11,22H,3-6,10H2,1-2H3;2-4H,5,16H2,1H3;1,5-6,8,12H,7H2,2-3H3;2-5H2,1H3;1-4H2;. The summed E-state index contributed by atoms with van der Waals surface area (Å²) in [4.78, 5) is 17.6. The van der Waals surface area contributed by atoms with Crippen molar-refractivity contribution in [3.05, 3.63) is 104 Å². The van der Waals surface area contributed by atoms with Crippen LogP contribution in [0.1, 0.15) is 57.1 Å². The highest BCUT2D eigenvalue weighted by atomic mass is 127. The number of hydrogen-bond donors (Lipinski definition) is 5. The predicted molar refractivity (Wildman–Crippen MR) is 444 cm³/mol. The van der Waals surface area contributed by atoms with Gasteiger partial charge in [0.05, 0.1) is 99.4 Å². The van der Waals surface area contributed by atoms with Crippen LogP contribution in [0.4, 0.5) is 68.0 Å². The van der Waals surface area contributed by atoms with E-state index in [1.54, 1.807) is 54.6 Å². The highest BCUT2D eigenvalue weighted by Crippen LogP contribution is 2.39. The molecule has 6 N–H and O–H groups in total. The molecule has 3 radical (unpaired) electrons. The minimum atomic E-state index is -4.46. The second kappa shape index (κ2) is 42.7. The monoisotopic (exact) mass is 1850 g/mol. The van der Waals surface area contributed by atoms with Crippen molar-refractivity contribution in [2.24, 2.45) is 0 Å². The number of rotatable bonds is 18. The molecule has 4 fully saturated rings. The molecule has 4 saturated heterocycles. The van der Waals surface area contributed by atoms with E-state index in [1.165, 1.54) is 81.8 Å². The number of nitrogen functional groups attached to an aromatic ring is 1. The SMILES string of the molecule is C#CCNc1ccc(S(C)(=O)=O)cc1OC.C1CCOC1.CN1CCC(=O)CC1.COc1cc(N)c2cc(I)n(CC(F)(F)F)c2c1.COc1cc(NC2CCN(C)CC2)c2cc(C#CCNc3ccc(S(C)(=O)=O)cc3OC)n(CC(F)(F)F)c2c1.COc1cc(NC2CCN(C)CC2)c2cc(I)n(CC(F)(F)F)c2c1.[B]. The summed E-state index contributed by atoms with van der Waals surface area (Å²) >= 11 is 3.82. The molecule has 617 valence electrons. The number of terminal acetylenes is 1. The number of anilines is 5. The maximum atomic E-state index is 13.6. The summed E-state index contributed by atoms with van der Waals surface area (Å²) in [6.07, 6.45) is 2.31. The zero-order chi connectivity index (χ0) is 82.5. The first kappa shape index (κ1) is 94.0. The molecule has 5 aromatic carbocycles. The number of ketones is 1. The fourth-order valence-electron chi connectivity index (χ4n) is 12.3. The number of nitrogens with zero attached hydrogens (tertiary/aromatic N) is 6. The minimum Gasteiger partial charge on any atom is -0.497 e. The Labute approximate surface area is 683 Å². The topological polar surface area (TPSA) is 239 Å². The smallest absolute Gasteiger partial charge is 0.406 e. The zero-order valence-corrected chi connectivity index (χ0v) is 70.5. The number of methoxy groups -OCH3 is 5. The van der Waals surface area contributed by atoms with E-state index >= 15 is 0 Å². The predicted octanol–water partition coefficient (Wildman–Crippen LogP) is 14.2. The first-order valence-corrected chi connectivity index (χ1v) is 41.4. The van der Waals surface area contributed by atoms with Gasteiger partial charge >= 0.3 is 18.5 Å². The molecule has 113 heavy (non-hydrogen) atoms. The van der Waals surface area contributed by atoms with Crippen molar-refractivity contribution in [3.8, 4) is 52.9 Å². The minimum absolute atomic E-state index is 0. The maximum absolute atomic E-state index is 13.6. The number of likely N-dealkylation sites (tertiary alicyclic amines) is 3. The molecule has 8 aromatic rings. The zero-order valence-electron chi connectivity index (χ0n) is 64.5. The Morgan fingerprint density at radius 3 is 1.28 bits per heavy atom. The van der Waals surface area contributed by atoms with Crippen molar-refractivity contribution in [1.29, 1.82) is 0 Å². The lowest BCUT2D eigenvalue weighted by molar-refractivity contribution is -0.141. The molecule has 0 spiro atoms. The fraction of sp³-hybridized carbons (Fsp3) is 0.468. The van der Waals surface area contributed by atoms with Gasteiger partial charge in [-0.2, -0.15) is 39.5 Å². The van der Waals surface area contributed by atoms with E-state index in [0.717, 1.165) is 119 Å². The van der Waals surface area contributed by atoms with Crippen LogP contribution < -0.4 is 50.7 Å². The number of sulfone groups is 2. The molecule has 4 aliphatic heterocycles. The van der Waals surface area contributed by atoms with Gasteiger partial charge in [0.1, 0.15) is 54.2 Å². The van der Waals surface area contributed by atoms with E-state index in [4.69, 9.17) is 40.6 Å². The molecule has 0 atom stereocenters. The van der Waals surface area contributed by atoms with Crippen LogP contribution in [0.15, 0.2) is 101 Å². The van der Waals surface area contributed by atoms with Crippen molar-refractivity contribution in [1.82, 2.24) is 28.4 Å². The number of piperidine rings is 3. The fourth-order valence-corrected chi connectivity index (χ4v) is 15.1. The quantitative estimate of drug-likeness (QED) is 0.0176. The van der Waals surface area contributed by atoms with Gasteiger partial charge < -0.3 is 83.8 Å². The molecule has 0 amide bonds. The average Bonchev–Trinajstić information content (AvgIpc) is 1.65. The lowest BCUT2D eigenvalue weighted by atomic mass is 10.0. The lowest BCUT2D eigenvalue weighted by Crippen LogP contribution is -2.36. The molecule has 22 nitrogen and oxygen atoms in total. The summed E-state index contributed by atoms with van der Waals surface area (Å²) in [5, 5.41) is 15.1.